The van der Waals surface area contributed by atoms with Crippen molar-refractivity contribution in [1.29, 1.82) is 0 Å². The van der Waals surface area contributed by atoms with E-state index in [0.717, 1.165) is 89.9 Å². The lowest BCUT2D eigenvalue weighted by Gasteiger charge is -2.18. The van der Waals surface area contributed by atoms with Crippen LogP contribution in [0.2, 0.25) is 0 Å². The Morgan fingerprint density at radius 2 is 0.500 bits per heavy atom. The van der Waals surface area contributed by atoms with E-state index in [1.165, 1.54) is 218 Å². The molecule has 0 saturated carbocycles. The largest absolute Gasteiger partial charge is 0.462 e. The van der Waals surface area contributed by atoms with Crippen LogP contribution in [0, 0.1) is 0 Å². The van der Waals surface area contributed by atoms with Gasteiger partial charge in [0, 0.05) is 19.3 Å². The highest BCUT2D eigenvalue weighted by molar-refractivity contribution is 5.71. The van der Waals surface area contributed by atoms with Crippen molar-refractivity contribution in [1.82, 2.24) is 0 Å². The third-order valence-corrected chi connectivity index (χ3v) is 14.9. The molecule has 0 heterocycles. The number of hydrogen-bond acceptors (Lipinski definition) is 6. The summed E-state index contributed by atoms with van der Waals surface area (Å²) < 4.78 is 17.0. The van der Waals surface area contributed by atoms with Crippen LogP contribution in [0.3, 0.4) is 0 Å². The predicted molar refractivity (Wildman–Crippen MR) is 339 cm³/mol. The summed E-state index contributed by atoms with van der Waals surface area (Å²) in [5.74, 6) is -0.857. The van der Waals surface area contributed by atoms with Gasteiger partial charge in [0.1, 0.15) is 13.2 Å². The number of carbonyl (C=O) groups excluding carboxylic acids is 3. The highest BCUT2D eigenvalue weighted by Gasteiger charge is 2.19. The SMILES string of the molecule is CC/C=C\C/C=C\C/C=C\C/C=C\C/C=C\CCCCCCCCCCCCCC(=O)OCC(COC(=O)CCCCCCCCCCCCCCCC)OC(=O)CCCCCCCCCCC/C=C\CCCCCCCC. The van der Waals surface area contributed by atoms with Crippen molar-refractivity contribution in [2.45, 2.75) is 354 Å². The summed E-state index contributed by atoms with van der Waals surface area (Å²) in [5.41, 5.74) is 0. The molecule has 6 heteroatoms. The summed E-state index contributed by atoms with van der Waals surface area (Å²) in [6.45, 7) is 6.57. The maximum Gasteiger partial charge on any atom is 0.306 e. The first-order chi connectivity index (χ1) is 38.5. The molecule has 0 bridgehead atoms. The van der Waals surface area contributed by atoms with Gasteiger partial charge in [-0.15, -0.1) is 0 Å². The molecule has 0 fully saturated rings. The molecule has 0 N–H and O–H groups in total. The molecule has 0 rings (SSSR count). The lowest BCUT2D eigenvalue weighted by Crippen LogP contribution is -2.30. The number of rotatable bonds is 62. The fourth-order valence-corrected chi connectivity index (χ4v) is 9.88. The molecule has 1 unspecified atom stereocenters. The molecule has 0 spiro atoms. The van der Waals surface area contributed by atoms with E-state index in [-0.39, 0.29) is 31.1 Å². The molecular weight excluding hydrogens is 961 g/mol. The summed E-state index contributed by atoms with van der Waals surface area (Å²) >= 11 is 0. The predicted octanol–water partition coefficient (Wildman–Crippen LogP) is 23.3. The molecule has 0 aromatic heterocycles. The van der Waals surface area contributed by atoms with E-state index >= 15 is 0 Å². The van der Waals surface area contributed by atoms with Crippen LogP contribution in [-0.2, 0) is 28.6 Å². The standard InChI is InChI=1S/C72H128O6/c1-4-7-10-13-16-19-22-25-28-30-32-33-34-35-36-37-38-39-41-42-44-47-50-53-56-59-62-65-71(74)77-68-69(67-76-70(73)64-61-58-55-52-49-46-27-24-21-18-15-12-9-6-3)78-72(75)66-63-60-57-54-51-48-45-43-40-31-29-26-23-20-17-14-11-8-5-2/h7,10,16,19,25-26,28-29,32-33,35-36,69H,4-6,8-9,11-15,17-18,20-24,27,30-31,34,37-68H2,1-3H3/b10-7-,19-16-,28-25-,29-26-,33-32-,36-35-. The zero-order chi connectivity index (χ0) is 56.4. The number of esters is 3. The second-order valence-electron chi connectivity index (χ2n) is 22.7. The van der Waals surface area contributed by atoms with E-state index in [2.05, 4.69) is 93.7 Å². The molecule has 78 heavy (non-hydrogen) atoms. The molecule has 0 aromatic rings. The molecule has 1 atom stereocenters. The van der Waals surface area contributed by atoms with Gasteiger partial charge >= 0.3 is 17.9 Å². The average molecular weight is 1090 g/mol. The van der Waals surface area contributed by atoms with Crippen molar-refractivity contribution in [3.05, 3.63) is 72.9 Å². The Hall–Kier alpha value is -3.15. The van der Waals surface area contributed by atoms with Crippen molar-refractivity contribution in [3.8, 4) is 0 Å². The molecule has 0 aliphatic carbocycles. The van der Waals surface area contributed by atoms with Gasteiger partial charge in [0.25, 0.3) is 0 Å². The highest BCUT2D eigenvalue weighted by Crippen LogP contribution is 2.17. The molecule has 452 valence electrons. The summed E-state index contributed by atoms with van der Waals surface area (Å²) in [6, 6.07) is 0. The highest BCUT2D eigenvalue weighted by atomic mass is 16.6. The third-order valence-electron chi connectivity index (χ3n) is 14.9. The Labute approximate surface area is 484 Å². The number of carbonyl (C=O) groups is 3. The Bertz CT molecular complexity index is 1440. The fourth-order valence-electron chi connectivity index (χ4n) is 9.88. The second-order valence-corrected chi connectivity index (χ2v) is 22.7. The molecule has 0 radical (unpaired) electrons. The van der Waals surface area contributed by atoms with Crippen molar-refractivity contribution in [3.63, 3.8) is 0 Å². The van der Waals surface area contributed by atoms with E-state index in [4.69, 9.17) is 14.2 Å². The molecule has 0 saturated heterocycles. The van der Waals surface area contributed by atoms with Gasteiger partial charge in [0.05, 0.1) is 0 Å². The first-order valence-electron chi connectivity index (χ1n) is 33.9. The van der Waals surface area contributed by atoms with Crippen LogP contribution < -0.4 is 0 Å². The third kappa shape index (κ3) is 63.7. The quantitative estimate of drug-likeness (QED) is 0.0261. The Morgan fingerprint density at radius 3 is 0.795 bits per heavy atom. The normalized spacial score (nSPS) is 12.5. The first-order valence-corrected chi connectivity index (χ1v) is 33.9. The van der Waals surface area contributed by atoms with Crippen molar-refractivity contribution in [2.24, 2.45) is 0 Å². The molecule has 0 amide bonds. The first kappa shape index (κ1) is 74.8. The second kappa shape index (κ2) is 66.4. The summed E-state index contributed by atoms with van der Waals surface area (Å²) in [6.07, 6.45) is 86.3. The van der Waals surface area contributed by atoms with Crippen LogP contribution in [0.1, 0.15) is 348 Å². The van der Waals surface area contributed by atoms with E-state index in [9.17, 15) is 14.4 Å². The van der Waals surface area contributed by atoms with E-state index in [0.29, 0.717) is 19.3 Å². The average Bonchev–Trinajstić information content (AvgIpc) is 3.44. The lowest BCUT2D eigenvalue weighted by atomic mass is 10.0. The van der Waals surface area contributed by atoms with Gasteiger partial charge in [0.2, 0.25) is 0 Å². The van der Waals surface area contributed by atoms with Crippen LogP contribution in [0.25, 0.3) is 0 Å². The smallest absolute Gasteiger partial charge is 0.306 e. The molecular formula is C72H128O6. The zero-order valence-corrected chi connectivity index (χ0v) is 51.9. The van der Waals surface area contributed by atoms with Crippen LogP contribution in [0.15, 0.2) is 72.9 Å². The summed E-state index contributed by atoms with van der Waals surface area (Å²) in [5, 5.41) is 0. The number of unbranched alkanes of at least 4 members (excludes halogenated alkanes) is 39. The van der Waals surface area contributed by atoms with Crippen LogP contribution in [-0.4, -0.2) is 37.2 Å². The molecule has 0 aliphatic rings. The summed E-state index contributed by atoms with van der Waals surface area (Å²) in [4.78, 5) is 38.4. The number of allylic oxidation sites excluding steroid dienone is 12. The number of hydrogen-bond donors (Lipinski definition) is 0. The van der Waals surface area contributed by atoms with Gasteiger partial charge in [-0.3, -0.25) is 14.4 Å². The topological polar surface area (TPSA) is 78.9 Å². The van der Waals surface area contributed by atoms with Crippen molar-refractivity contribution < 1.29 is 28.6 Å². The fraction of sp³-hybridized carbons (Fsp3) is 0.792. The minimum Gasteiger partial charge on any atom is -0.462 e. The maximum atomic E-state index is 12.9. The van der Waals surface area contributed by atoms with Crippen LogP contribution in [0.4, 0.5) is 0 Å². The van der Waals surface area contributed by atoms with Gasteiger partial charge in [-0.2, -0.15) is 0 Å². The Morgan fingerprint density at radius 1 is 0.269 bits per heavy atom. The zero-order valence-electron chi connectivity index (χ0n) is 51.9. The van der Waals surface area contributed by atoms with E-state index in [1.807, 2.05) is 0 Å². The number of ether oxygens (including phenoxy) is 3. The monoisotopic (exact) mass is 1090 g/mol. The van der Waals surface area contributed by atoms with Crippen LogP contribution in [0.5, 0.6) is 0 Å². The Kier molecular flexibility index (Phi) is 63.7. The van der Waals surface area contributed by atoms with Gasteiger partial charge in [0.15, 0.2) is 6.10 Å². The van der Waals surface area contributed by atoms with Gasteiger partial charge in [-0.25, -0.2) is 0 Å². The Balaban J connectivity index is 4.29. The molecule has 6 nitrogen and oxygen atoms in total. The van der Waals surface area contributed by atoms with E-state index < -0.39 is 6.10 Å². The van der Waals surface area contributed by atoms with Gasteiger partial charge < -0.3 is 14.2 Å². The lowest BCUT2D eigenvalue weighted by molar-refractivity contribution is -0.167. The van der Waals surface area contributed by atoms with Crippen LogP contribution >= 0.6 is 0 Å². The maximum absolute atomic E-state index is 12.9. The van der Waals surface area contributed by atoms with E-state index in [1.54, 1.807) is 0 Å². The summed E-state index contributed by atoms with van der Waals surface area (Å²) in [7, 11) is 0. The minimum absolute atomic E-state index is 0.0724. The minimum atomic E-state index is -0.776. The van der Waals surface area contributed by atoms with Crippen molar-refractivity contribution in [2.75, 3.05) is 13.2 Å². The van der Waals surface area contributed by atoms with Crippen molar-refractivity contribution >= 4 is 17.9 Å². The van der Waals surface area contributed by atoms with Gasteiger partial charge in [-0.05, 0) is 89.9 Å². The van der Waals surface area contributed by atoms with Gasteiger partial charge in [-0.1, -0.05) is 312 Å². The molecule has 0 aliphatic heterocycles. The molecule has 0 aromatic carbocycles.